The maximum atomic E-state index is 13.2. The lowest BCUT2D eigenvalue weighted by Gasteiger charge is -2.42. The third-order valence-corrected chi connectivity index (χ3v) is 6.29. The van der Waals surface area contributed by atoms with Crippen molar-refractivity contribution in [3.05, 3.63) is 82.9 Å². The summed E-state index contributed by atoms with van der Waals surface area (Å²) in [5.41, 5.74) is 3.86. The van der Waals surface area contributed by atoms with Gasteiger partial charge in [0.1, 0.15) is 0 Å². The van der Waals surface area contributed by atoms with E-state index in [1.165, 1.54) is 0 Å². The smallest absolute Gasteiger partial charge is 0.274 e. The van der Waals surface area contributed by atoms with Crippen LogP contribution in [0.2, 0.25) is 0 Å². The molecule has 31 heavy (non-hydrogen) atoms. The maximum absolute atomic E-state index is 13.2. The Kier molecular flexibility index (Phi) is 3.99. The summed E-state index contributed by atoms with van der Waals surface area (Å²) in [4.78, 5) is 36.4. The summed E-state index contributed by atoms with van der Waals surface area (Å²) in [6.45, 7) is 1.84. The molecule has 6 heterocycles. The molecular formula is C23H20N6O2. The van der Waals surface area contributed by atoms with Gasteiger partial charge in [-0.25, -0.2) is 9.50 Å². The van der Waals surface area contributed by atoms with Crippen LogP contribution < -0.4 is 5.56 Å². The first-order valence-corrected chi connectivity index (χ1v) is 10.4. The molecule has 6 rings (SSSR count). The number of likely N-dealkylation sites (tertiary alicyclic amines) is 1. The predicted molar refractivity (Wildman–Crippen MR) is 114 cm³/mol. The highest BCUT2D eigenvalue weighted by Crippen LogP contribution is 2.37. The molecule has 154 valence electrons. The van der Waals surface area contributed by atoms with Crippen molar-refractivity contribution < 1.29 is 4.79 Å². The third kappa shape index (κ3) is 3.02. The number of carbonyl (C=O) groups is 1. The summed E-state index contributed by atoms with van der Waals surface area (Å²) >= 11 is 0. The number of aromatic nitrogens is 5. The third-order valence-electron chi connectivity index (χ3n) is 6.29. The molecule has 0 aliphatic carbocycles. The normalized spacial score (nSPS) is 19.9. The van der Waals surface area contributed by atoms with Crippen molar-refractivity contribution in [1.82, 2.24) is 29.0 Å². The van der Waals surface area contributed by atoms with Gasteiger partial charge in [0.15, 0.2) is 11.3 Å². The molecule has 0 unspecified atom stereocenters. The van der Waals surface area contributed by atoms with Gasteiger partial charge in [-0.15, -0.1) is 0 Å². The quantitative estimate of drug-likeness (QED) is 0.504. The van der Waals surface area contributed by atoms with Crippen molar-refractivity contribution in [3.8, 4) is 11.1 Å². The van der Waals surface area contributed by atoms with Crippen molar-refractivity contribution in [1.29, 1.82) is 0 Å². The molecule has 1 saturated heterocycles. The van der Waals surface area contributed by atoms with Crippen LogP contribution in [-0.4, -0.2) is 48.0 Å². The van der Waals surface area contributed by atoms with Gasteiger partial charge in [-0.2, -0.15) is 5.10 Å². The highest BCUT2D eigenvalue weighted by molar-refractivity contribution is 5.93. The summed E-state index contributed by atoms with van der Waals surface area (Å²) in [7, 11) is 0. The fourth-order valence-corrected chi connectivity index (χ4v) is 4.92. The summed E-state index contributed by atoms with van der Waals surface area (Å²) in [5, 5.41) is 4.39. The minimum absolute atomic E-state index is 0.0113. The molecule has 2 atom stereocenters. The fraction of sp³-hybridized carbons (Fsp3) is 0.261. The van der Waals surface area contributed by atoms with Crippen molar-refractivity contribution in [2.75, 3.05) is 13.1 Å². The van der Waals surface area contributed by atoms with Gasteiger partial charge in [0, 0.05) is 73.7 Å². The number of hydrogen-bond acceptors (Lipinski definition) is 5. The van der Waals surface area contributed by atoms with Crippen LogP contribution in [0.25, 0.3) is 16.8 Å². The van der Waals surface area contributed by atoms with E-state index >= 15 is 0 Å². The molecule has 2 aliphatic heterocycles. The highest BCUT2D eigenvalue weighted by atomic mass is 16.2. The summed E-state index contributed by atoms with van der Waals surface area (Å²) < 4.78 is 3.50. The molecule has 8 heteroatoms. The Morgan fingerprint density at radius 1 is 1.03 bits per heavy atom. The number of carbonyl (C=O) groups excluding carboxylic acids is 1. The molecule has 2 bridgehead atoms. The molecule has 0 aromatic carbocycles. The fourth-order valence-electron chi connectivity index (χ4n) is 4.92. The zero-order valence-corrected chi connectivity index (χ0v) is 16.8. The van der Waals surface area contributed by atoms with E-state index in [1.54, 1.807) is 47.5 Å². The molecule has 8 nitrogen and oxygen atoms in total. The van der Waals surface area contributed by atoms with Gasteiger partial charge in [0.25, 0.3) is 11.5 Å². The number of rotatable bonds is 2. The zero-order chi connectivity index (χ0) is 20.9. The molecule has 1 fully saturated rings. The van der Waals surface area contributed by atoms with E-state index in [0.29, 0.717) is 31.0 Å². The first-order valence-electron chi connectivity index (χ1n) is 10.4. The largest absolute Gasteiger partial charge is 0.336 e. The number of hydrogen-bond donors (Lipinski definition) is 0. The Bertz CT molecular complexity index is 1330. The van der Waals surface area contributed by atoms with Crippen LogP contribution in [0.15, 0.2) is 66.0 Å². The zero-order valence-electron chi connectivity index (χ0n) is 16.8. The monoisotopic (exact) mass is 412 g/mol. The summed E-state index contributed by atoms with van der Waals surface area (Å²) in [5.74, 6) is 0.294. The highest BCUT2D eigenvalue weighted by Gasteiger charge is 2.37. The standard InChI is InChI=1S/C23H20N6O2/c30-22-9-17(16-3-1-4-24-11-16)8-20-18-7-15(13-28(20)22)12-27(14-18)23(31)19-10-21-25-5-2-6-29(21)26-19/h1-6,8-11,15,18H,7,12-14H2/t15-,18+/m0/s1. The van der Waals surface area contributed by atoms with Gasteiger partial charge in [0.2, 0.25) is 0 Å². The average molecular weight is 412 g/mol. The second-order valence-corrected chi connectivity index (χ2v) is 8.32. The van der Waals surface area contributed by atoms with Gasteiger partial charge >= 0.3 is 0 Å². The number of piperidine rings is 1. The minimum Gasteiger partial charge on any atom is -0.336 e. The molecule has 4 aromatic rings. The van der Waals surface area contributed by atoms with Gasteiger partial charge in [-0.1, -0.05) is 6.07 Å². The molecule has 0 radical (unpaired) electrons. The van der Waals surface area contributed by atoms with Gasteiger partial charge in [0.05, 0.1) is 0 Å². The van der Waals surface area contributed by atoms with Crippen LogP contribution in [0.5, 0.6) is 0 Å². The predicted octanol–water partition coefficient (Wildman–Crippen LogP) is 2.21. The number of pyridine rings is 2. The van der Waals surface area contributed by atoms with Crippen molar-refractivity contribution in [3.63, 3.8) is 0 Å². The second kappa shape index (κ2) is 6.87. The Morgan fingerprint density at radius 3 is 2.81 bits per heavy atom. The first kappa shape index (κ1) is 18.0. The van der Waals surface area contributed by atoms with Gasteiger partial charge in [-0.3, -0.25) is 14.6 Å². The lowest BCUT2D eigenvalue weighted by Crippen LogP contribution is -2.49. The molecule has 0 spiro atoms. The molecule has 0 saturated carbocycles. The van der Waals surface area contributed by atoms with Gasteiger partial charge < -0.3 is 9.47 Å². The second-order valence-electron chi connectivity index (χ2n) is 8.32. The Hall–Kier alpha value is -3.81. The minimum atomic E-state index is -0.0839. The van der Waals surface area contributed by atoms with Crippen molar-refractivity contribution in [2.45, 2.75) is 18.9 Å². The SMILES string of the molecule is O=C(c1cc2ncccn2n1)N1C[C@@H]2C[C@H](C1)c1cc(-c3cccnc3)cc(=O)n1C2. The van der Waals surface area contributed by atoms with E-state index in [2.05, 4.69) is 21.1 Å². The van der Waals surface area contributed by atoms with E-state index in [0.717, 1.165) is 23.2 Å². The summed E-state index contributed by atoms with van der Waals surface area (Å²) in [6, 6.07) is 11.1. The van der Waals surface area contributed by atoms with Gasteiger partial charge in [-0.05, 0) is 36.1 Å². The van der Waals surface area contributed by atoms with E-state index < -0.39 is 0 Å². The van der Waals surface area contributed by atoms with E-state index in [-0.39, 0.29) is 23.3 Å². The first-order chi connectivity index (χ1) is 15.2. The van der Waals surface area contributed by atoms with Crippen LogP contribution >= 0.6 is 0 Å². The molecule has 1 amide bonds. The lowest BCUT2D eigenvalue weighted by molar-refractivity contribution is 0.0588. The summed E-state index contributed by atoms with van der Waals surface area (Å²) in [6.07, 6.45) is 7.94. The van der Waals surface area contributed by atoms with Crippen LogP contribution in [0.3, 0.4) is 0 Å². The molecule has 4 aromatic heterocycles. The molecule has 2 aliphatic rings. The van der Waals surface area contributed by atoms with Crippen LogP contribution in [0.1, 0.15) is 28.5 Å². The maximum Gasteiger partial charge on any atom is 0.274 e. The molecular weight excluding hydrogens is 392 g/mol. The lowest BCUT2D eigenvalue weighted by atomic mass is 9.82. The van der Waals surface area contributed by atoms with E-state index in [1.807, 2.05) is 21.6 Å². The Morgan fingerprint density at radius 2 is 1.97 bits per heavy atom. The number of nitrogens with zero attached hydrogens (tertiary/aromatic N) is 6. The van der Waals surface area contributed by atoms with E-state index in [4.69, 9.17) is 0 Å². The number of fused-ring (bicyclic) bond motifs is 5. The van der Waals surface area contributed by atoms with E-state index in [9.17, 15) is 9.59 Å². The Labute approximate surface area is 177 Å². The topological polar surface area (TPSA) is 85.4 Å². The average Bonchev–Trinajstić information content (AvgIpc) is 3.24. The van der Waals surface area contributed by atoms with Crippen LogP contribution in [0.4, 0.5) is 0 Å². The molecule has 0 N–H and O–H groups in total. The van der Waals surface area contributed by atoms with Crippen molar-refractivity contribution >= 4 is 11.6 Å². The number of amides is 1. The van der Waals surface area contributed by atoms with Crippen LogP contribution in [-0.2, 0) is 6.54 Å². The van der Waals surface area contributed by atoms with Crippen LogP contribution in [0, 0.1) is 5.92 Å². The Balaban J connectivity index is 1.34. The van der Waals surface area contributed by atoms with Crippen molar-refractivity contribution in [2.24, 2.45) is 5.92 Å².